The lowest BCUT2D eigenvalue weighted by atomic mass is 10.2. The zero-order valence-electron chi connectivity index (χ0n) is 12.1. The summed E-state index contributed by atoms with van der Waals surface area (Å²) in [7, 11) is 1.63. The maximum atomic E-state index is 11.9. The molecular formula is C15H20N2O4. The number of rotatable bonds is 4. The second-order valence-corrected chi connectivity index (χ2v) is 5.19. The molecule has 1 saturated heterocycles. The van der Waals surface area contributed by atoms with Gasteiger partial charge < -0.3 is 19.6 Å². The number of carboxylic acid groups (broad SMARTS) is 1. The van der Waals surface area contributed by atoms with E-state index in [1.807, 2.05) is 30.3 Å². The summed E-state index contributed by atoms with van der Waals surface area (Å²) in [5.74, 6) is 0. The van der Waals surface area contributed by atoms with E-state index in [0.717, 1.165) is 18.4 Å². The Bertz CT molecular complexity index is 492. The zero-order chi connectivity index (χ0) is 15.2. The van der Waals surface area contributed by atoms with E-state index in [9.17, 15) is 9.59 Å². The zero-order valence-corrected chi connectivity index (χ0v) is 12.1. The van der Waals surface area contributed by atoms with Gasteiger partial charge in [0.2, 0.25) is 0 Å². The number of amides is 2. The Morgan fingerprint density at radius 3 is 2.76 bits per heavy atom. The summed E-state index contributed by atoms with van der Waals surface area (Å²) in [6.07, 6.45) is 0.256. The first kappa shape index (κ1) is 15.2. The van der Waals surface area contributed by atoms with Crippen molar-refractivity contribution < 1.29 is 19.4 Å². The molecule has 0 radical (unpaired) electrons. The van der Waals surface area contributed by atoms with Gasteiger partial charge in [-0.1, -0.05) is 30.3 Å². The van der Waals surface area contributed by atoms with Gasteiger partial charge in [0.15, 0.2) is 0 Å². The average molecular weight is 292 g/mol. The fraction of sp³-hybridized carbons (Fsp3) is 0.467. The van der Waals surface area contributed by atoms with Crippen LogP contribution in [0.1, 0.15) is 18.4 Å². The van der Waals surface area contributed by atoms with E-state index >= 15 is 0 Å². The second kappa shape index (κ2) is 6.97. The van der Waals surface area contributed by atoms with Gasteiger partial charge in [0.25, 0.3) is 0 Å². The van der Waals surface area contributed by atoms with E-state index in [1.54, 1.807) is 7.05 Å². The molecule has 1 aliphatic heterocycles. The molecule has 0 spiro atoms. The van der Waals surface area contributed by atoms with Crippen LogP contribution in [0.5, 0.6) is 0 Å². The van der Waals surface area contributed by atoms with Crippen molar-refractivity contribution in [1.82, 2.24) is 9.80 Å². The molecule has 0 aliphatic carbocycles. The number of carbonyl (C=O) groups is 2. The molecule has 0 aromatic heterocycles. The minimum absolute atomic E-state index is 0.142. The molecule has 2 rings (SSSR count). The van der Waals surface area contributed by atoms with E-state index in [2.05, 4.69) is 0 Å². The lowest BCUT2D eigenvalue weighted by Gasteiger charge is -2.26. The minimum atomic E-state index is -0.927. The molecule has 0 bridgehead atoms. The molecule has 1 aromatic carbocycles. The maximum absolute atomic E-state index is 11.9. The molecule has 0 unspecified atom stereocenters. The number of ether oxygens (including phenoxy) is 1. The molecular weight excluding hydrogens is 272 g/mol. The van der Waals surface area contributed by atoms with Crippen LogP contribution in [-0.2, 0) is 11.3 Å². The topological polar surface area (TPSA) is 70.1 Å². The van der Waals surface area contributed by atoms with E-state index in [1.165, 1.54) is 9.80 Å². The van der Waals surface area contributed by atoms with Crippen molar-refractivity contribution in [3.63, 3.8) is 0 Å². The highest BCUT2D eigenvalue weighted by Crippen LogP contribution is 2.18. The largest absolute Gasteiger partial charge is 0.465 e. The molecule has 6 heteroatoms. The number of nitrogens with zero attached hydrogens (tertiary/aromatic N) is 2. The Labute approximate surface area is 123 Å². The van der Waals surface area contributed by atoms with Crippen molar-refractivity contribution in [3.8, 4) is 0 Å². The van der Waals surface area contributed by atoms with Crippen LogP contribution >= 0.6 is 0 Å². The maximum Gasteiger partial charge on any atom is 0.409 e. The third-order valence-electron chi connectivity index (χ3n) is 3.62. The normalized spacial score (nSPS) is 17.6. The summed E-state index contributed by atoms with van der Waals surface area (Å²) in [5, 5.41) is 9.08. The van der Waals surface area contributed by atoms with Crippen molar-refractivity contribution in [2.45, 2.75) is 25.5 Å². The molecule has 1 aromatic rings. The smallest absolute Gasteiger partial charge is 0.409 e. The quantitative estimate of drug-likeness (QED) is 0.925. The first-order chi connectivity index (χ1) is 10.1. The summed E-state index contributed by atoms with van der Waals surface area (Å²) in [5.41, 5.74) is 0.923. The summed E-state index contributed by atoms with van der Waals surface area (Å²) in [6, 6.07) is 9.30. The van der Waals surface area contributed by atoms with Gasteiger partial charge in [-0.15, -0.1) is 0 Å². The van der Waals surface area contributed by atoms with Crippen molar-refractivity contribution in [3.05, 3.63) is 35.9 Å². The van der Waals surface area contributed by atoms with Crippen LogP contribution in [0.4, 0.5) is 9.59 Å². The first-order valence-corrected chi connectivity index (χ1v) is 6.99. The summed E-state index contributed by atoms with van der Waals surface area (Å²) in [4.78, 5) is 25.8. The summed E-state index contributed by atoms with van der Waals surface area (Å²) in [6.45, 7) is 1.12. The van der Waals surface area contributed by atoms with Crippen LogP contribution in [0.2, 0.25) is 0 Å². The first-order valence-electron chi connectivity index (χ1n) is 6.99. The van der Waals surface area contributed by atoms with Gasteiger partial charge >= 0.3 is 12.2 Å². The van der Waals surface area contributed by atoms with Gasteiger partial charge in [0.1, 0.15) is 6.61 Å². The Balaban J connectivity index is 1.81. The molecule has 1 N–H and O–H groups in total. The Kier molecular flexibility index (Phi) is 5.03. The van der Waals surface area contributed by atoms with Gasteiger partial charge in [0.05, 0.1) is 6.04 Å². The molecule has 2 amide bonds. The van der Waals surface area contributed by atoms with Crippen LogP contribution < -0.4 is 0 Å². The number of carbonyl (C=O) groups excluding carboxylic acids is 1. The molecule has 1 atom stereocenters. The van der Waals surface area contributed by atoms with E-state index in [0.29, 0.717) is 13.1 Å². The number of likely N-dealkylation sites (tertiary alicyclic amines) is 1. The third-order valence-corrected chi connectivity index (χ3v) is 3.62. The Morgan fingerprint density at radius 2 is 2.10 bits per heavy atom. The summed E-state index contributed by atoms with van der Waals surface area (Å²) < 4.78 is 5.22. The minimum Gasteiger partial charge on any atom is -0.465 e. The van der Waals surface area contributed by atoms with E-state index in [4.69, 9.17) is 9.84 Å². The fourth-order valence-corrected chi connectivity index (χ4v) is 2.50. The second-order valence-electron chi connectivity index (χ2n) is 5.19. The standard InChI is InChI=1S/C15H20N2O4/c1-16(10-13-8-5-9-17(13)14(18)19)15(20)21-11-12-6-3-2-4-7-12/h2-4,6-7,13H,5,8-11H2,1H3,(H,18,19)/t13-/m0/s1. The lowest BCUT2D eigenvalue weighted by molar-refractivity contribution is 0.0911. The highest BCUT2D eigenvalue weighted by molar-refractivity contribution is 5.68. The molecule has 1 aliphatic rings. The van der Waals surface area contributed by atoms with Crippen molar-refractivity contribution in [2.24, 2.45) is 0 Å². The predicted octanol–water partition coefficient (Wildman–Crippen LogP) is 2.40. The van der Waals surface area contributed by atoms with Crippen molar-refractivity contribution in [1.29, 1.82) is 0 Å². The number of benzene rings is 1. The predicted molar refractivity (Wildman–Crippen MR) is 77.0 cm³/mol. The van der Waals surface area contributed by atoms with Gasteiger partial charge in [-0.25, -0.2) is 9.59 Å². The molecule has 0 saturated carbocycles. The monoisotopic (exact) mass is 292 g/mol. The van der Waals surface area contributed by atoms with Crippen LogP contribution in [-0.4, -0.2) is 53.3 Å². The SMILES string of the molecule is CN(C[C@@H]1CCCN1C(=O)O)C(=O)OCc1ccccc1. The van der Waals surface area contributed by atoms with Gasteiger partial charge in [-0.2, -0.15) is 0 Å². The summed E-state index contributed by atoms with van der Waals surface area (Å²) >= 11 is 0. The van der Waals surface area contributed by atoms with Crippen LogP contribution in [0.25, 0.3) is 0 Å². The number of hydrogen-bond acceptors (Lipinski definition) is 3. The third kappa shape index (κ3) is 4.11. The lowest BCUT2D eigenvalue weighted by Crippen LogP contribution is -2.43. The highest BCUT2D eigenvalue weighted by Gasteiger charge is 2.30. The van der Waals surface area contributed by atoms with E-state index in [-0.39, 0.29) is 12.6 Å². The Morgan fingerprint density at radius 1 is 1.38 bits per heavy atom. The van der Waals surface area contributed by atoms with Crippen molar-refractivity contribution >= 4 is 12.2 Å². The fourth-order valence-electron chi connectivity index (χ4n) is 2.50. The van der Waals surface area contributed by atoms with E-state index < -0.39 is 12.2 Å². The van der Waals surface area contributed by atoms with Gasteiger partial charge in [0, 0.05) is 20.1 Å². The van der Waals surface area contributed by atoms with Gasteiger partial charge in [-0.3, -0.25) is 0 Å². The molecule has 114 valence electrons. The van der Waals surface area contributed by atoms with Crippen LogP contribution in [0.15, 0.2) is 30.3 Å². The number of hydrogen-bond donors (Lipinski definition) is 1. The highest BCUT2D eigenvalue weighted by atomic mass is 16.6. The Hall–Kier alpha value is -2.24. The molecule has 1 heterocycles. The van der Waals surface area contributed by atoms with Gasteiger partial charge in [-0.05, 0) is 18.4 Å². The van der Waals surface area contributed by atoms with Crippen molar-refractivity contribution in [2.75, 3.05) is 20.1 Å². The molecule has 21 heavy (non-hydrogen) atoms. The average Bonchev–Trinajstić information content (AvgIpc) is 2.94. The molecule has 6 nitrogen and oxygen atoms in total. The molecule has 1 fully saturated rings. The van der Waals surface area contributed by atoms with Crippen LogP contribution in [0, 0.1) is 0 Å². The van der Waals surface area contributed by atoms with Crippen LogP contribution in [0.3, 0.4) is 0 Å². The number of likely N-dealkylation sites (N-methyl/N-ethyl adjacent to an activating group) is 1.